The van der Waals surface area contributed by atoms with E-state index in [2.05, 4.69) is 20.2 Å². The van der Waals surface area contributed by atoms with Gasteiger partial charge in [0, 0.05) is 48.5 Å². The highest BCUT2D eigenvalue weighted by Crippen LogP contribution is 2.48. The van der Waals surface area contributed by atoms with Gasteiger partial charge in [0.1, 0.15) is 5.60 Å². The molecule has 3 aromatic rings. The number of carbonyl (C=O) groups excluding carboxylic acids is 1. The van der Waals surface area contributed by atoms with E-state index in [4.69, 9.17) is 4.74 Å². The van der Waals surface area contributed by atoms with Crippen molar-refractivity contribution in [2.45, 2.75) is 75.4 Å². The number of aromatic nitrogens is 2. The van der Waals surface area contributed by atoms with Crippen molar-refractivity contribution in [3.8, 4) is 0 Å². The van der Waals surface area contributed by atoms with Crippen LogP contribution in [0.2, 0.25) is 0 Å². The predicted octanol–water partition coefficient (Wildman–Crippen LogP) is 5.29. The number of carbonyl (C=O) groups is 1. The van der Waals surface area contributed by atoms with Crippen LogP contribution in [-0.2, 0) is 39.3 Å². The van der Waals surface area contributed by atoms with Crippen molar-refractivity contribution < 1.29 is 31.1 Å². The number of likely N-dealkylation sites (tertiary alicyclic amines) is 1. The van der Waals surface area contributed by atoms with Gasteiger partial charge in [0.2, 0.25) is 5.82 Å². The van der Waals surface area contributed by atoms with Crippen molar-refractivity contribution in [3.05, 3.63) is 75.0 Å². The fraction of sp³-hybridized carbons (Fsp3) is 0.483. The van der Waals surface area contributed by atoms with Gasteiger partial charge in [-0.1, -0.05) is 19.1 Å². The van der Waals surface area contributed by atoms with E-state index in [-0.39, 0.29) is 35.2 Å². The fourth-order valence-electron chi connectivity index (χ4n) is 5.65. The number of hydrogen-bond acceptors (Lipinski definition) is 8. The largest absolute Gasteiger partial charge is 0.451 e. The SMILES string of the molecule is CCS(=O)(=O)c1ccc(CNC(=O)c2cc3c(s2)C2(CCN([C@@H](C)c4cnc(C(F)(F)F)nc4)CC2)O[C@H](C)C3)cc1. The number of piperidine rings is 1. The van der Waals surface area contributed by atoms with Crippen LogP contribution in [0.25, 0.3) is 0 Å². The lowest BCUT2D eigenvalue weighted by molar-refractivity contribution is -0.145. The molecule has 0 unspecified atom stereocenters. The van der Waals surface area contributed by atoms with Gasteiger partial charge < -0.3 is 10.1 Å². The Hall–Kier alpha value is -2.87. The number of benzene rings is 1. The van der Waals surface area contributed by atoms with E-state index in [0.29, 0.717) is 42.8 Å². The molecular formula is C29H33F3N4O4S2. The van der Waals surface area contributed by atoms with Crippen LogP contribution in [0, 0.1) is 0 Å². The van der Waals surface area contributed by atoms with Gasteiger partial charge >= 0.3 is 6.18 Å². The zero-order valence-electron chi connectivity index (χ0n) is 23.6. The maximum Gasteiger partial charge on any atom is 0.451 e. The van der Waals surface area contributed by atoms with E-state index < -0.39 is 27.4 Å². The Morgan fingerprint density at radius 2 is 1.83 bits per heavy atom. The minimum Gasteiger partial charge on any atom is -0.366 e. The molecule has 2 aromatic heterocycles. The van der Waals surface area contributed by atoms with Gasteiger partial charge in [-0.05, 0) is 62.4 Å². The van der Waals surface area contributed by atoms with E-state index in [1.54, 1.807) is 31.2 Å². The average Bonchev–Trinajstić information content (AvgIpc) is 3.41. The normalized spacial score (nSPS) is 19.8. The van der Waals surface area contributed by atoms with Crippen molar-refractivity contribution in [2.24, 2.45) is 0 Å². The van der Waals surface area contributed by atoms with E-state index in [0.717, 1.165) is 16.0 Å². The summed E-state index contributed by atoms with van der Waals surface area (Å²) in [4.78, 5) is 24.3. The maximum atomic E-state index is 13.1. The second-order valence-corrected chi connectivity index (χ2v) is 14.2. The van der Waals surface area contributed by atoms with E-state index in [9.17, 15) is 26.4 Å². The maximum absolute atomic E-state index is 13.1. The van der Waals surface area contributed by atoms with Crippen molar-refractivity contribution in [3.63, 3.8) is 0 Å². The highest BCUT2D eigenvalue weighted by Gasteiger charge is 2.45. The number of rotatable bonds is 7. The van der Waals surface area contributed by atoms with Crippen LogP contribution >= 0.6 is 11.3 Å². The molecule has 5 rings (SSSR count). The summed E-state index contributed by atoms with van der Waals surface area (Å²) in [5.74, 6) is -1.32. The van der Waals surface area contributed by atoms with Crippen LogP contribution in [0.15, 0.2) is 47.6 Å². The highest BCUT2D eigenvalue weighted by molar-refractivity contribution is 7.91. The second kappa shape index (κ2) is 11.7. The quantitative estimate of drug-likeness (QED) is 0.382. The number of thiophene rings is 1. The highest BCUT2D eigenvalue weighted by atomic mass is 32.2. The van der Waals surface area contributed by atoms with Crippen molar-refractivity contribution in [1.29, 1.82) is 0 Å². The molecule has 0 radical (unpaired) electrons. The molecule has 226 valence electrons. The number of nitrogens with zero attached hydrogens (tertiary/aromatic N) is 3. The van der Waals surface area contributed by atoms with Crippen LogP contribution in [0.3, 0.4) is 0 Å². The molecule has 2 atom stereocenters. The Balaban J connectivity index is 1.25. The number of ether oxygens (including phenoxy) is 1. The Kier molecular flexibility index (Phi) is 8.49. The summed E-state index contributed by atoms with van der Waals surface area (Å²) in [7, 11) is -3.28. The first-order valence-corrected chi connectivity index (χ1v) is 16.3. The molecule has 1 spiro atoms. The smallest absolute Gasteiger partial charge is 0.366 e. The summed E-state index contributed by atoms with van der Waals surface area (Å²) < 4.78 is 69.3. The molecule has 0 aliphatic carbocycles. The van der Waals surface area contributed by atoms with Crippen LogP contribution in [0.5, 0.6) is 0 Å². The minimum absolute atomic E-state index is 0.0202. The molecule has 42 heavy (non-hydrogen) atoms. The molecule has 13 heteroatoms. The molecule has 1 amide bonds. The Morgan fingerprint density at radius 3 is 2.43 bits per heavy atom. The zero-order valence-corrected chi connectivity index (χ0v) is 25.2. The number of hydrogen-bond donors (Lipinski definition) is 1. The van der Waals surface area contributed by atoms with E-state index >= 15 is 0 Å². The third kappa shape index (κ3) is 6.24. The lowest BCUT2D eigenvalue weighted by Crippen LogP contribution is -2.48. The van der Waals surface area contributed by atoms with Crippen LogP contribution < -0.4 is 5.32 Å². The van der Waals surface area contributed by atoms with Gasteiger partial charge in [0.05, 0.1) is 21.6 Å². The number of halogens is 3. The Labute approximate surface area is 247 Å². The first kappa shape index (κ1) is 30.6. The fourth-order valence-corrected chi connectivity index (χ4v) is 7.83. The first-order chi connectivity index (χ1) is 19.8. The van der Waals surface area contributed by atoms with Gasteiger partial charge in [0.15, 0.2) is 9.84 Å². The Bertz CT molecular complexity index is 1530. The second-order valence-electron chi connectivity index (χ2n) is 10.9. The molecule has 0 bridgehead atoms. The number of alkyl halides is 3. The van der Waals surface area contributed by atoms with Crippen LogP contribution in [0.4, 0.5) is 13.2 Å². The van der Waals surface area contributed by atoms with Gasteiger partial charge in [-0.3, -0.25) is 9.69 Å². The Morgan fingerprint density at radius 1 is 1.19 bits per heavy atom. The molecule has 2 aliphatic rings. The summed E-state index contributed by atoms with van der Waals surface area (Å²) >= 11 is 1.44. The summed E-state index contributed by atoms with van der Waals surface area (Å²) in [5, 5.41) is 2.94. The first-order valence-electron chi connectivity index (χ1n) is 13.9. The molecule has 1 aromatic carbocycles. The third-order valence-electron chi connectivity index (χ3n) is 8.06. The van der Waals surface area contributed by atoms with E-state index in [1.807, 2.05) is 19.9 Å². The van der Waals surface area contributed by atoms with Gasteiger partial charge in [0.25, 0.3) is 5.91 Å². The van der Waals surface area contributed by atoms with E-state index in [1.165, 1.54) is 23.7 Å². The van der Waals surface area contributed by atoms with Gasteiger partial charge in [-0.25, -0.2) is 18.4 Å². The molecule has 0 saturated carbocycles. The molecule has 4 heterocycles. The summed E-state index contributed by atoms with van der Waals surface area (Å²) in [6, 6.07) is 8.32. The molecule has 8 nitrogen and oxygen atoms in total. The van der Waals surface area contributed by atoms with Crippen molar-refractivity contribution >= 4 is 27.1 Å². The van der Waals surface area contributed by atoms with Gasteiger partial charge in [-0.15, -0.1) is 11.3 Å². The minimum atomic E-state index is -4.58. The summed E-state index contributed by atoms with van der Waals surface area (Å²) in [6.07, 6.45) is -0.0321. The monoisotopic (exact) mass is 622 g/mol. The molecular weight excluding hydrogens is 589 g/mol. The average molecular weight is 623 g/mol. The standard InChI is InChI=1S/C29H33F3N4O4S2/c1-4-42(38,39)23-7-5-20(6-8-23)15-33-26(37)24-14-21-13-18(2)40-28(25(21)41-24)9-11-36(12-10-28)19(3)22-16-34-27(35-17-22)29(30,31)32/h5-8,14,16-19H,4,9-13,15H2,1-3H3,(H,33,37)/t18-,19+/m1/s1. The van der Waals surface area contributed by atoms with Crippen molar-refractivity contribution in [2.75, 3.05) is 18.8 Å². The molecule has 1 fully saturated rings. The summed E-state index contributed by atoms with van der Waals surface area (Å²) in [6.45, 7) is 7.16. The summed E-state index contributed by atoms with van der Waals surface area (Å²) in [5.41, 5.74) is 2.00. The lowest BCUT2D eigenvalue weighted by atomic mass is 9.83. The third-order valence-corrected chi connectivity index (χ3v) is 11.2. The van der Waals surface area contributed by atoms with Crippen LogP contribution in [-0.4, -0.2) is 54.1 Å². The number of sulfone groups is 1. The van der Waals surface area contributed by atoms with Crippen molar-refractivity contribution in [1.82, 2.24) is 20.2 Å². The van der Waals surface area contributed by atoms with Crippen LogP contribution in [0.1, 0.15) is 76.7 Å². The topological polar surface area (TPSA) is 101 Å². The molecule has 2 aliphatic heterocycles. The van der Waals surface area contributed by atoms with Gasteiger partial charge in [-0.2, -0.15) is 13.2 Å². The number of amides is 1. The number of fused-ring (bicyclic) bond motifs is 2. The lowest BCUT2D eigenvalue weighted by Gasteiger charge is -2.47. The predicted molar refractivity (Wildman–Crippen MR) is 152 cm³/mol. The molecule has 1 saturated heterocycles. The number of nitrogens with one attached hydrogen (secondary N) is 1. The zero-order chi connectivity index (χ0) is 30.3. The molecule has 1 N–H and O–H groups in total.